The molecule has 1 amide bonds. The van der Waals surface area contributed by atoms with E-state index in [0.717, 1.165) is 44.7 Å². The van der Waals surface area contributed by atoms with Gasteiger partial charge in [0.2, 0.25) is 0 Å². The van der Waals surface area contributed by atoms with Gasteiger partial charge in [0, 0.05) is 12.8 Å². The fourth-order valence-corrected chi connectivity index (χ4v) is 7.56. The lowest BCUT2D eigenvalue weighted by Gasteiger charge is -2.44. The number of amides is 1. The molecular weight excluding hydrogens is 711 g/mol. The smallest absolute Gasteiger partial charge is 0.412 e. The number of aliphatic hydroxyl groups excluding tert-OH is 1. The lowest BCUT2D eigenvalue weighted by atomic mass is 9.91. The minimum Gasteiger partial charge on any atom is -0.454 e. The van der Waals surface area contributed by atoms with E-state index in [-0.39, 0.29) is 0 Å². The van der Waals surface area contributed by atoms with Gasteiger partial charge < -0.3 is 28.8 Å². The lowest BCUT2D eigenvalue weighted by Crippen LogP contribution is -2.63. The first-order chi connectivity index (χ1) is 27.3. The number of fused-ring (bicyclic) bond motifs is 3. The van der Waals surface area contributed by atoms with Gasteiger partial charge >= 0.3 is 18.0 Å². The van der Waals surface area contributed by atoms with Crippen molar-refractivity contribution in [1.82, 2.24) is 0 Å². The number of anilines is 1. The first kappa shape index (κ1) is 38.7. The highest BCUT2D eigenvalue weighted by Gasteiger charge is 2.53. The first-order valence-electron chi connectivity index (χ1n) is 19.2. The monoisotopic (exact) mass is 757 g/mol. The van der Waals surface area contributed by atoms with Gasteiger partial charge in [0.15, 0.2) is 24.6 Å². The van der Waals surface area contributed by atoms with Crippen LogP contribution in [0.3, 0.4) is 0 Å². The van der Waals surface area contributed by atoms with E-state index >= 15 is 0 Å². The maximum atomic E-state index is 14.3. The van der Waals surface area contributed by atoms with Crippen LogP contribution in [0.2, 0.25) is 0 Å². The van der Waals surface area contributed by atoms with Gasteiger partial charge in [0.25, 0.3) is 0 Å². The first-order valence-corrected chi connectivity index (χ1v) is 19.2. The molecule has 7 atom stereocenters. The average Bonchev–Trinajstić information content (AvgIpc) is 3.22. The number of rotatable bonds is 9. The van der Waals surface area contributed by atoms with Crippen molar-refractivity contribution < 1.29 is 43.2 Å². The number of methoxy groups -OCH3 is 1. The molecule has 0 spiro atoms. The summed E-state index contributed by atoms with van der Waals surface area (Å²) >= 11 is 0. The highest BCUT2D eigenvalue weighted by atomic mass is 16.7. The Morgan fingerprint density at radius 1 is 0.714 bits per heavy atom. The van der Waals surface area contributed by atoms with Crippen LogP contribution in [0.1, 0.15) is 36.5 Å². The summed E-state index contributed by atoms with van der Waals surface area (Å²) < 4.78 is 30.2. The Kier molecular flexibility index (Phi) is 12.4. The van der Waals surface area contributed by atoms with Gasteiger partial charge in [-0.2, -0.15) is 0 Å². The van der Waals surface area contributed by atoms with Crippen molar-refractivity contribution >= 4 is 45.3 Å². The van der Waals surface area contributed by atoms with Crippen LogP contribution < -0.4 is 5.32 Å². The Bertz CT molecular complexity index is 2200. The van der Waals surface area contributed by atoms with E-state index in [1.54, 1.807) is 6.07 Å². The molecule has 0 radical (unpaired) electrons. The summed E-state index contributed by atoms with van der Waals surface area (Å²) in [4.78, 5) is 42.0. The van der Waals surface area contributed by atoms with E-state index in [0.29, 0.717) is 31.4 Å². The zero-order valence-corrected chi connectivity index (χ0v) is 31.5. The van der Waals surface area contributed by atoms with Gasteiger partial charge in [0.05, 0.1) is 18.4 Å². The fraction of sp³-hybridized carbons (Fsp3) is 0.326. The molecule has 7 rings (SSSR count). The third-order valence-corrected chi connectivity index (χ3v) is 10.6. The van der Waals surface area contributed by atoms with Gasteiger partial charge in [-0.1, -0.05) is 116 Å². The molecule has 10 nitrogen and oxygen atoms in total. The van der Waals surface area contributed by atoms with Gasteiger partial charge in [0.1, 0.15) is 6.10 Å². The fourth-order valence-electron chi connectivity index (χ4n) is 7.56. The molecule has 0 aliphatic carbocycles. The van der Waals surface area contributed by atoms with Gasteiger partial charge in [-0.25, -0.2) is 4.79 Å². The van der Waals surface area contributed by atoms with Crippen LogP contribution in [0.25, 0.3) is 21.5 Å². The van der Waals surface area contributed by atoms with E-state index in [1.165, 1.54) is 7.11 Å². The number of aliphatic hydroxyl groups is 1. The third kappa shape index (κ3) is 9.11. The van der Waals surface area contributed by atoms with Crippen molar-refractivity contribution in [3.05, 3.63) is 138 Å². The van der Waals surface area contributed by atoms with Gasteiger partial charge in [-0.15, -0.1) is 0 Å². The van der Waals surface area contributed by atoms with Crippen LogP contribution in [-0.2, 0) is 52.5 Å². The summed E-state index contributed by atoms with van der Waals surface area (Å²) in [5.74, 6) is -2.41. The molecule has 0 bridgehead atoms. The Morgan fingerprint density at radius 2 is 1.29 bits per heavy atom. The molecule has 2 aliphatic rings. The third-order valence-electron chi connectivity index (χ3n) is 10.6. The van der Waals surface area contributed by atoms with Crippen molar-refractivity contribution in [3.63, 3.8) is 0 Å². The van der Waals surface area contributed by atoms with Crippen molar-refractivity contribution in [2.45, 2.75) is 69.7 Å². The van der Waals surface area contributed by atoms with Crippen molar-refractivity contribution in [1.29, 1.82) is 0 Å². The largest absolute Gasteiger partial charge is 0.454 e. The summed E-state index contributed by atoms with van der Waals surface area (Å²) in [6, 6.07) is 35.6. The standard InChI is InChI=1S/C46H47NO9/c1-3-29-11-10-18-38(27-29)47-46(51)56-40-39(28-48)53-45(52-2)42-41(40)54-43(49)36(25-30-19-21-32-12-4-6-14-34(32)23-30)16-8-9-17-37(44(50)55-42)26-31-20-22-33-13-5-7-15-35(33)24-31/h4-15,18-24,27,36-37,39-42,45,48H,3,16-17,25-26,28H2,1-2H3,(H,47,51)/b9-8+/t36-,37-,39-,40-,41+,42-,45+/m1/s1. The minimum atomic E-state index is -1.39. The Hall–Kier alpha value is -5.55. The van der Waals surface area contributed by atoms with E-state index in [1.807, 2.05) is 110 Å². The van der Waals surface area contributed by atoms with E-state index in [9.17, 15) is 19.5 Å². The summed E-state index contributed by atoms with van der Waals surface area (Å²) in [5, 5.41) is 17.5. The van der Waals surface area contributed by atoms with E-state index < -0.39 is 67.2 Å². The molecule has 56 heavy (non-hydrogen) atoms. The summed E-state index contributed by atoms with van der Waals surface area (Å²) in [6.45, 7) is 1.40. The van der Waals surface area contributed by atoms with Crippen LogP contribution in [0.4, 0.5) is 10.5 Å². The second-order valence-corrected chi connectivity index (χ2v) is 14.4. The second-order valence-electron chi connectivity index (χ2n) is 14.4. The van der Waals surface area contributed by atoms with Crippen LogP contribution in [0.15, 0.2) is 121 Å². The highest BCUT2D eigenvalue weighted by Crippen LogP contribution is 2.33. The second kappa shape index (κ2) is 17.9. The molecule has 0 saturated carbocycles. The van der Waals surface area contributed by atoms with Crippen LogP contribution >= 0.6 is 0 Å². The molecule has 1 fully saturated rings. The molecule has 10 heteroatoms. The maximum Gasteiger partial charge on any atom is 0.412 e. The Balaban J connectivity index is 1.23. The molecule has 2 N–H and O–H groups in total. The number of benzene rings is 5. The van der Waals surface area contributed by atoms with E-state index in [4.69, 9.17) is 23.7 Å². The maximum absolute atomic E-state index is 14.3. The van der Waals surface area contributed by atoms with Crippen LogP contribution in [-0.4, -0.2) is 67.6 Å². The average molecular weight is 758 g/mol. The number of esters is 2. The molecule has 0 aromatic heterocycles. The SMILES string of the molecule is CCc1cccc(NC(=O)O[C@H]2[C@@H]3OC(=O)[C@@H](Cc4ccc5ccccc5c4)C/C=C/C[C@H](Cc4ccc5ccccc5c4)C(=O)O[C@H]3[C@@H](OC)O[C@@H]2CO)c1. The van der Waals surface area contributed by atoms with Crippen LogP contribution in [0.5, 0.6) is 0 Å². The number of allylic oxidation sites excluding steroid dienone is 2. The summed E-state index contributed by atoms with van der Waals surface area (Å²) in [6.07, 6.45) is -1.40. The zero-order valence-electron chi connectivity index (χ0n) is 31.5. The van der Waals surface area contributed by atoms with Crippen LogP contribution in [0, 0.1) is 11.8 Å². The molecule has 1 saturated heterocycles. The molecule has 290 valence electrons. The molecular formula is C46H47NO9. The predicted octanol–water partition coefficient (Wildman–Crippen LogP) is 7.73. The van der Waals surface area contributed by atoms with Crippen molar-refractivity contribution in [2.24, 2.45) is 11.8 Å². The minimum absolute atomic E-state index is 0.328. The lowest BCUT2D eigenvalue weighted by molar-refractivity contribution is -0.300. The number of ether oxygens (including phenoxy) is 5. The Morgan fingerprint density at radius 3 is 1.84 bits per heavy atom. The summed E-state index contributed by atoms with van der Waals surface area (Å²) in [7, 11) is 1.37. The van der Waals surface area contributed by atoms with Gasteiger partial charge in [-0.3, -0.25) is 14.9 Å². The van der Waals surface area contributed by atoms with E-state index in [2.05, 4.69) is 17.4 Å². The molecule has 2 aliphatic heterocycles. The molecule has 5 aromatic carbocycles. The number of hydrogen-bond acceptors (Lipinski definition) is 9. The molecule has 2 heterocycles. The predicted molar refractivity (Wildman–Crippen MR) is 213 cm³/mol. The van der Waals surface area contributed by atoms with Crippen molar-refractivity contribution in [3.8, 4) is 0 Å². The van der Waals surface area contributed by atoms with Crippen molar-refractivity contribution in [2.75, 3.05) is 19.0 Å². The number of carbonyl (C=O) groups excluding carboxylic acids is 3. The molecule has 5 aromatic rings. The zero-order chi connectivity index (χ0) is 39.0. The number of aryl methyl sites for hydroxylation is 1. The quantitative estimate of drug-likeness (QED) is 0.0882. The number of carbonyl (C=O) groups is 3. The Labute approximate surface area is 326 Å². The number of hydrogen-bond donors (Lipinski definition) is 2. The molecule has 0 unspecified atom stereocenters. The normalized spacial score (nSPS) is 24.9. The highest BCUT2D eigenvalue weighted by molar-refractivity contribution is 5.86. The number of nitrogens with one attached hydrogen (secondary N) is 1. The topological polar surface area (TPSA) is 130 Å². The van der Waals surface area contributed by atoms with Gasteiger partial charge in [-0.05, 0) is 82.5 Å². The summed E-state index contributed by atoms with van der Waals surface area (Å²) in [5.41, 5.74) is 3.40.